The Morgan fingerprint density at radius 1 is 0.846 bits per heavy atom. The van der Waals surface area contributed by atoms with Crippen molar-refractivity contribution in [3.05, 3.63) is 59.7 Å². The number of halogens is 3. The summed E-state index contributed by atoms with van der Waals surface area (Å²) in [5.74, 6) is 7.38. The molecule has 0 N–H and O–H groups in total. The van der Waals surface area contributed by atoms with Gasteiger partial charge in [-0.15, -0.1) is 13.2 Å². The average Bonchev–Trinajstić information content (AvgIpc) is 3.42. The van der Waals surface area contributed by atoms with Crippen molar-refractivity contribution in [3.8, 4) is 23.3 Å². The van der Waals surface area contributed by atoms with Crippen LogP contribution >= 0.6 is 0 Å². The van der Waals surface area contributed by atoms with Gasteiger partial charge in [0.2, 0.25) is 0 Å². The highest BCUT2D eigenvalue weighted by Gasteiger charge is 2.30. The highest BCUT2D eigenvalue weighted by Crippen LogP contribution is 2.33. The standard InChI is InChI=1S/C21H19F3O2/c22-21(23,24)26-20-13-9-18(10-14-20)6-5-17-7-11-19(12-8-17)25-15-1-2-16-3-4-16/h7-14,16H,1-4,15H2. The third-order valence-corrected chi connectivity index (χ3v) is 4.02. The molecule has 1 aliphatic rings. The van der Waals surface area contributed by atoms with Crippen molar-refractivity contribution in [3.63, 3.8) is 0 Å². The molecule has 136 valence electrons. The Labute approximate surface area is 150 Å². The monoisotopic (exact) mass is 360 g/mol. The first-order valence-corrected chi connectivity index (χ1v) is 8.59. The molecule has 0 radical (unpaired) electrons. The van der Waals surface area contributed by atoms with Crippen LogP contribution in [0.4, 0.5) is 13.2 Å². The van der Waals surface area contributed by atoms with Gasteiger partial charge in [0, 0.05) is 11.1 Å². The summed E-state index contributed by atoms with van der Waals surface area (Å²) in [6.07, 6.45) is 0.377. The van der Waals surface area contributed by atoms with Crippen LogP contribution in [0.2, 0.25) is 0 Å². The lowest BCUT2D eigenvalue weighted by molar-refractivity contribution is -0.274. The summed E-state index contributed by atoms with van der Waals surface area (Å²) in [6, 6.07) is 13.0. The van der Waals surface area contributed by atoms with Crippen LogP contribution in [0.3, 0.4) is 0 Å². The number of benzene rings is 2. The predicted molar refractivity (Wildman–Crippen MR) is 93.0 cm³/mol. The highest BCUT2D eigenvalue weighted by molar-refractivity contribution is 5.45. The van der Waals surface area contributed by atoms with E-state index >= 15 is 0 Å². The molecule has 0 bridgehead atoms. The first-order valence-electron chi connectivity index (χ1n) is 8.59. The van der Waals surface area contributed by atoms with Crippen LogP contribution in [-0.4, -0.2) is 13.0 Å². The van der Waals surface area contributed by atoms with Gasteiger partial charge in [0.25, 0.3) is 0 Å². The fourth-order valence-corrected chi connectivity index (χ4v) is 2.49. The second-order valence-corrected chi connectivity index (χ2v) is 6.28. The highest BCUT2D eigenvalue weighted by atomic mass is 19.4. The summed E-state index contributed by atoms with van der Waals surface area (Å²) in [5, 5.41) is 0. The molecule has 0 spiro atoms. The lowest BCUT2D eigenvalue weighted by Gasteiger charge is -2.08. The molecule has 0 amide bonds. The van der Waals surface area contributed by atoms with Crippen molar-refractivity contribution < 1.29 is 22.6 Å². The zero-order valence-electron chi connectivity index (χ0n) is 14.2. The largest absolute Gasteiger partial charge is 0.573 e. The van der Waals surface area contributed by atoms with Gasteiger partial charge in [-0.1, -0.05) is 24.7 Å². The summed E-state index contributed by atoms with van der Waals surface area (Å²) < 4.78 is 45.9. The molecule has 5 heteroatoms. The minimum absolute atomic E-state index is 0.258. The molecule has 26 heavy (non-hydrogen) atoms. The summed E-state index contributed by atoms with van der Waals surface area (Å²) in [5.41, 5.74) is 1.42. The van der Waals surface area contributed by atoms with Crippen LogP contribution in [0.25, 0.3) is 0 Å². The van der Waals surface area contributed by atoms with Crippen LogP contribution in [-0.2, 0) is 0 Å². The number of ether oxygens (including phenoxy) is 2. The predicted octanol–water partition coefficient (Wildman–Crippen LogP) is 5.55. The molecular weight excluding hydrogens is 341 g/mol. The number of hydrogen-bond acceptors (Lipinski definition) is 2. The minimum atomic E-state index is -4.69. The third kappa shape index (κ3) is 6.36. The Hall–Kier alpha value is -2.61. The molecule has 0 aromatic heterocycles. The maximum Gasteiger partial charge on any atom is 0.573 e. The Bertz CT molecular complexity index is 764. The van der Waals surface area contributed by atoms with Crippen molar-refractivity contribution in [2.24, 2.45) is 5.92 Å². The maximum absolute atomic E-state index is 12.1. The molecule has 3 rings (SSSR count). The summed E-state index contributed by atoms with van der Waals surface area (Å²) in [4.78, 5) is 0. The molecule has 2 nitrogen and oxygen atoms in total. The Morgan fingerprint density at radius 3 is 1.88 bits per heavy atom. The van der Waals surface area contributed by atoms with E-state index in [1.807, 2.05) is 24.3 Å². The fraction of sp³-hybridized carbons (Fsp3) is 0.333. The molecular formula is C21H19F3O2. The van der Waals surface area contributed by atoms with Gasteiger partial charge in [0.15, 0.2) is 0 Å². The van der Waals surface area contributed by atoms with Crippen molar-refractivity contribution in [1.82, 2.24) is 0 Å². The van der Waals surface area contributed by atoms with Gasteiger partial charge < -0.3 is 9.47 Å². The van der Waals surface area contributed by atoms with E-state index in [4.69, 9.17) is 4.74 Å². The number of alkyl halides is 3. The lowest BCUT2D eigenvalue weighted by Crippen LogP contribution is -2.16. The van der Waals surface area contributed by atoms with E-state index in [0.717, 1.165) is 30.3 Å². The molecule has 2 aromatic rings. The van der Waals surface area contributed by atoms with Gasteiger partial charge >= 0.3 is 6.36 Å². The van der Waals surface area contributed by atoms with Crippen LogP contribution in [0, 0.1) is 17.8 Å². The molecule has 0 aliphatic heterocycles. The van der Waals surface area contributed by atoms with Crippen molar-refractivity contribution in [2.75, 3.05) is 6.61 Å². The van der Waals surface area contributed by atoms with Gasteiger partial charge in [-0.25, -0.2) is 0 Å². The lowest BCUT2D eigenvalue weighted by atomic mass is 10.2. The maximum atomic E-state index is 12.1. The van der Waals surface area contributed by atoms with Crippen LogP contribution in [0.1, 0.15) is 36.8 Å². The second-order valence-electron chi connectivity index (χ2n) is 6.28. The van der Waals surface area contributed by atoms with Gasteiger partial charge in [-0.2, -0.15) is 0 Å². The zero-order chi connectivity index (χ0) is 18.4. The topological polar surface area (TPSA) is 18.5 Å². The van der Waals surface area contributed by atoms with Gasteiger partial charge in [0.05, 0.1) is 6.61 Å². The van der Waals surface area contributed by atoms with E-state index in [2.05, 4.69) is 16.6 Å². The van der Waals surface area contributed by atoms with Crippen molar-refractivity contribution in [2.45, 2.75) is 32.0 Å². The van der Waals surface area contributed by atoms with Crippen molar-refractivity contribution >= 4 is 0 Å². The molecule has 0 heterocycles. The van der Waals surface area contributed by atoms with E-state index in [9.17, 15) is 13.2 Å². The van der Waals surface area contributed by atoms with Crippen LogP contribution < -0.4 is 9.47 Å². The average molecular weight is 360 g/mol. The quantitative estimate of drug-likeness (QED) is 0.496. The van der Waals surface area contributed by atoms with Crippen LogP contribution in [0.5, 0.6) is 11.5 Å². The Morgan fingerprint density at radius 2 is 1.38 bits per heavy atom. The molecule has 2 aromatic carbocycles. The Balaban J connectivity index is 1.50. The minimum Gasteiger partial charge on any atom is -0.494 e. The summed E-state index contributed by atoms with van der Waals surface area (Å²) >= 11 is 0. The number of rotatable bonds is 6. The van der Waals surface area contributed by atoms with Crippen LogP contribution in [0.15, 0.2) is 48.5 Å². The van der Waals surface area contributed by atoms with Gasteiger partial charge in [-0.3, -0.25) is 0 Å². The normalized spacial score (nSPS) is 13.7. The van der Waals surface area contributed by atoms with Gasteiger partial charge in [-0.05, 0) is 67.3 Å². The first kappa shape index (κ1) is 18.2. The SMILES string of the molecule is FC(F)(F)Oc1ccc(C#Cc2ccc(OCCCC3CC3)cc2)cc1. The summed E-state index contributed by atoms with van der Waals surface area (Å²) in [7, 11) is 0. The Kier molecular flexibility index (Phi) is 5.72. The van der Waals surface area contributed by atoms with E-state index in [1.54, 1.807) is 0 Å². The molecule has 1 saturated carbocycles. The van der Waals surface area contributed by atoms with Gasteiger partial charge in [0.1, 0.15) is 11.5 Å². The van der Waals surface area contributed by atoms with E-state index in [-0.39, 0.29) is 5.75 Å². The second kappa shape index (κ2) is 8.18. The molecule has 1 aliphatic carbocycles. The van der Waals surface area contributed by atoms with E-state index in [0.29, 0.717) is 5.56 Å². The van der Waals surface area contributed by atoms with Crippen molar-refractivity contribution in [1.29, 1.82) is 0 Å². The van der Waals surface area contributed by atoms with E-state index in [1.165, 1.54) is 43.5 Å². The smallest absolute Gasteiger partial charge is 0.494 e. The fourth-order valence-electron chi connectivity index (χ4n) is 2.49. The first-order chi connectivity index (χ1) is 12.5. The summed E-state index contributed by atoms with van der Waals surface area (Å²) in [6.45, 7) is 0.730. The zero-order valence-corrected chi connectivity index (χ0v) is 14.2. The number of hydrogen-bond donors (Lipinski definition) is 0. The molecule has 1 fully saturated rings. The molecule has 0 atom stereocenters. The third-order valence-electron chi connectivity index (χ3n) is 4.02. The van der Waals surface area contributed by atoms with E-state index < -0.39 is 6.36 Å². The molecule has 0 unspecified atom stereocenters. The molecule has 0 saturated heterocycles.